The standard InChI is InChI=1S/C16H10ClF3N2O5/c17-12-5-4-9(6-13(12)22(25)26)15(24)27-8-14(23)21-11-3-1-2-10(7-11)16(18,19)20/h1-7H,8H2,(H,21,23). The minimum atomic E-state index is -4.57. The summed E-state index contributed by atoms with van der Waals surface area (Å²) in [6, 6.07) is 7.08. The molecule has 7 nitrogen and oxygen atoms in total. The Labute approximate surface area is 154 Å². The summed E-state index contributed by atoms with van der Waals surface area (Å²) >= 11 is 5.62. The normalized spacial score (nSPS) is 11.0. The number of anilines is 1. The molecular formula is C16H10ClF3N2O5. The predicted molar refractivity (Wildman–Crippen MR) is 88.5 cm³/mol. The van der Waals surface area contributed by atoms with E-state index in [9.17, 15) is 32.9 Å². The zero-order chi connectivity index (χ0) is 20.2. The van der Waals surface area contributed by atoms with Crippen LogP contribution in [0.5, 0.6) is 0 Å². The van der Waals surface area contributed by atoms with Gasteiger partial charge < -0.3 is 10.1 Å². The number of rotatable bonds is 5. The first kappa shape index (κ1) is 20.2. The summed E-state index contributed by atoms with van der Waals surface area (Å²) in [4.78, 5) is 33.6. The summed E-state index contributed by atoms with van der Waals surface area (Å²) in [6.45, 7) is -0.800. The van der Waals surface area contributed by atoms with Gasteiger partial charge in [0.2, 0.25) is 0 Å². The van der Waals surface area contributed by atoms with Crippen molar-refractivity contribution in [2.75, 3.05) is 11.9 Å². The van der Waals surface area contributed by atoms with Gasteiger partial charge in [0.1, 0.15) is 5.02 Å². The number of esters is 1. The molecule has 0 aliphatic rings. The average Bonchev–Trinajstić information content (AvgIpc) is 2.59. The molecule has 0 radical (unpaired) electrons. The predicted octanol–water partition coefficient (Wildman–Crippen LogP) is 4.06. The van der Waals surface area contributed by atoms with Crippen molar-refractivity contribution < 1.29 is 32.4 Å². The van der Waals surface area contributed by atoms with Crippen molar-refractivity contribution in [2.45, 2.75) is 6.18 Å². The van der Waals surface area contributed by atoms with E-state index in [1.165, 1.54) is 12.1 Å². The number of halogens is 4. The van der Waals surface area contributed by atoms with Crippen LogP contribution in [-0.4, -0.2) is 23.4 Å². The minimum absolute atomic E-state index is 0.131. The Hall–Kier alpha value is -3.14. The lowest BCUT2D eigenvalue weighted by atomic mass is 10.2. The fourth-order valence-electron chi connectivity index (χ4n) is 1.96. The molecule has 1 amide bonds. The van der Waals surface area contributed by atoms with Crippen LogP contribution in [0, 0.1) is 10.1 Å². The topological polar surface area (TPSA) is 98.5 Å². The first-order valence-electron chi connectivity index (χ1n) is 7.16. The van der Waals surface area contributed by atoms with Crippen LogP contribution in [-0.2, 0) is 15.7 Å². The van der Waals surface area contributed by atoms with Crippen molar-refractivity contribution in [3.63, 3.8) is 0 Å². The van der Waals surface area contributed by atoms with Gasteiger partial charge in [-0.1, -0.05) is 17.7 Å². The number of ether oxygens (including phenoxy) is 1. The van der Waals surface area contributed by atoms with E-state index in [4.69, 9.17) is 16.3 Å². The van der Waals surface area contributed by atoms with E-state index >= 15 is 0 Å². The highest BCUT2D eigenvalue weighted by molar-refractivity contribution is 6.32. The van der Waals surface area contributed by atoms with Crippen LogP contribution in [0.15, 0.2) is 42.5 Å². The van der Waals surface area contributed by atoms with Gasteiger partial charge in [-0.3, -0.25) is 14.9 Å². The van der Waals surface area contributed by atoms with Crippen molar-refractivity contribution in [1.82, 2.24) is 0 Å². The van der Waals surface area contributed by atoms with E-state index in [0.29, 0.717) is 0 Å². The quantitative estimate of drug-likeness (QED) is 0.462. The number of nitrogens with one attached hydrogen (secondary N) is 1. The molecule has 0 atom stereocenters. The third-order valence-corrected chi connectivity index (χ3v) is 3.51. The Balaban J connectivity index is 1.99. The molecule has 11 heteroatoms. The molecule has 1 N–H and O–H groups in total. The summed E-state index contributed by atoms with van der Waals surface area (Å²) in [6.07, 6.45) is -4.57. The number of carbonyl (C=O) groups excluding carboxylic acids is 2. The Bertz CT molecular complexity index is 902. The largest absolute Gasteiger partial charge is 0.452 e. The highest BCUT2D eigenvalue weighted by Crippen LogP contribution is 2.30. The molecule has 2 aromatic carbocycles. The molecule has 27 heavy (non-hydrogen) atoms. The Morgan fingerprint density at radius 2 is 1.89 bits per heavy atom. The van der Waals surface area contributed by atoms with E-state index in [1.54, 1.807) is 0 Å². The number of nitro benzene ring substituents is 1. The molecule has 0 aliphatic heterocycles. The average molecular weight is 403 g/mol. The molecule has 0 aliphatic carbocycles. The summed E-state index contributed by atoms with van der Waals surface area (Å²) in [5.74, 6) is -1.92. The van der Waals surface area contributed by atoms with Gasteiger partial charge in [0.15, 0.2) is 6.61 Å². The van der Waals surface area contributed by atoms with E-state index in [-0.39, 0.29) is 16.3 Å². The van der Waals surface area contributed by atoms with E-state index in [2.05, 4.69) is 5.32 Å². The zero-order valence-electron chi connectivity index (χ0n) is 13.2. The highest BCUT2D eigenvalue weighted by Gasteiger charge is 2.30. The minimum Gasteiger partial charge on any atom is -0.452 e. The maximum atomic E-state index is 12.6. The Morgan fingerprint density at radius 1 is 1.19 bits per heavy atom. The monoisotopic (exact) mass is 402 g/mol. The van der Waals surface area contributed by atoms with Crippen molar-refractivity contribution >= 4 is 34.9 Å². The maximum absolute atomic E-state index is 12.6. The number of alkyl halides is 3. The summed E-state index contributed by atoms with van der Waals surface area (Å²) in [7, 11) is 0. The lowest BCUT2D eigenvalue weighted by Crippen LogP contribution is -2.21. The smallest absolute Gasteiger partial charge is 0.416 e. The highest BCUT2D eigenvalue weighted by atomic mass is 35.5. The third-order valence-electron chi connectivity index (χ3n) is 3.19. The van der Waals surface area contributed by atoms with Gasteiger partial charge in [0, 0.05) is 11.8 Å². The summed E-state index contributed by atoms with van der Waals surface area (Å²) in [5, 5.41) is 12.8. The number of amides is 1. The van der Waals surface area contributed by atoms with Crippen molar-refractivity contribution in [3.8, 4) is 0 Å². The fourth-order valence-corrected chi connectivity index (χ4v) is 2.15. The van der Waals surface area contributed by atoms with E-state index < -0.39 is 40.8 Å². The number of benzene rings is 2. The molecule has 0 aromatic heterocycles. The molecule has 142 valence electrons. The Morgan fingerprint density at radius 3 is 2.52 bits per heavy atom. The third kappa shape index (κ3) is 5.42. The number of nitro groups is 1. The SMILES string of the molecule is O=C(COC(=O)c1ccc(Cl)c([N+](=O)[O-])c1)Nc1cccc(C(F)(F)F)c1. The van der Waals surface area contributed by atoms with Gasteiger partial charge in [-0.2, -0.15) is 13.2 Å². The van der Waals surface area contributed by atoms with Crippen molar-refractivity contribution in [2.24, 2.45) is 0 Å². The molecule has 2 aromatic rings. The number of nitrogens with zero attached hydrogens (tertiary/aromatic N) is 1. The van der Waals surface area contributed by atoms with Crippen molar-refractivity contribution in [3.05, 3.63) is 68.7 Å². The summed E-state index contributed by atoms with van der Waals surface area (Å²) < 4.78 is 42.6. The molecule has 2 rings (SSSR count). The molecule has 0 saturated carbocycles. The van der Waals surface area contributed by atoms with Gasteiger partial charge in [-0.25, -0.2) is 4.79 Å². The maximum Gasteiger partial charge on any atom is 0.416 e. The van der Waals surface area contributed by atoms with Crippen LogP contribution < -0.4 is 5.32 Å². The lowest BCUT2D eigenvalue weighted by Gasteiger charge is -2.10. The van der Waals surface area contributed by atoms with Crippen LogP contribution in [0.3, 0.4) is 0 Å². The first-order chi connectivity index (χ1) is 12.6. The van der Waals surface area contributed by atoms with E-state index in [1.807, 2.05) is 0 Å². The fraction of sp³-hybridized carbons (Fsp3) is 0.125. The van der Waals surface area contributed by atoms with Crippen LogP contribution in [0.2, 0.25) is 5.02 Å². The molecular weight excluding hydrogens is 393 g/mol. The molecule has 0 unspecified atom stereocenters. The lowest BCUT2D eigenvalue weighted by molar-refractivity contribution is -0.384. The van der Waals surface area contributed by atoms with Gasteiger partial charge in [0.05, 0.1) is 16.1 Å². The second kappa shape index (κ2) is 8.04. The summed E-state index contributed by atoms with van der Waals surface area (Å²) in [5.41, 5.74) is -1.81. The molecule has 0 spiro atoms. The van der Waals surface area contributed by atoms with Gasteiger partial charge in [-0.05, 0) is 30.3 Å². The zero-order valence-corrected chi connectivity index (χ0v) is 14.0. The van der Waals surface area contributed by atoms with Gasteiger partial charge >= 0.3 is 12.1 Å². The molecule has 0 fully saturated rings. The van der Waals surface area contributed by atoms with Gasteiger partial charge in [-0.15, -0.1) is 0 Å². The van der Waals surface area contributed by atoms with Crippen molar-refractivity contribution in [1.29, 1.82) is 0 Å². The number of carbonyl (C=O) groups is 2. The van der Waals surface area contributed by atoms with Crippen LogP contribution in [0.1, 0.15) is 15.9 Å². The van der Waals surface area contributed by atoms with Crippen LogP contribution in [0.25, 0.3) is 0 Å². The second-order valence-corrected chi connectivity index (χ2v) is 5.53. The molecule has 0 saturated heterocycles. The second-order valence-electron chi connectivity index (χ2n) is 5.13. The molecule has 0 heterocycles. The number of hydrogen-bond acceptors (Lipinski definition) is 5. The van der Waals surface area contributed by atoms with Crippen LogP contribution >= 0.6 is 11.6 Å². The molecule has 0 bridgehead atoms. The van der Waals surface area contributed by atoms with Crippen LogP contribution in [0.4, 0.5) is 24.5 Å². The first-order valence-corrected chi connectivity index (χ1v) is 7.54. The Kier molecular flexibility index (Phi) is 6.01. The van der Waals surface area contributed by atoms with Gasteiger partial charge in [0.25, 0.3) is 11.6 Å². The van der Waals surface area contributed by atoms with E-state index in [0.717, 1.165) is 30.3 Å². The number of hydrogen-bond donors (Lipinski definition) is 1.